The topological polar surface area (TPSA) is 61.9 Å². The average molecular weight is 313 g/mol. The van der Waals surface area contributed by atoms with Crippen LogP contribution in [0.15, 0.2) is 54.6 Å². The number of hydrogen-bond donors (Lipinski definition) is 1. The maximum Gasteiger partial charge on any atom is 0.345 e. The highest BCUT2D eigenvalue weighted by Crippen LogP contribution is 2.27. The van der Waals surface area contributed by atoms with Crippen molar-refractivity contribution in [3.8, 4) is 0 Å². The fraction of sp³-hybridized carbons (Fsp3) is 0.176. The number of nitrogens with one attached hydrogen (secondary N) is 1. The van der Waals surface area contributed by atoms with Gasteiger partial charge >= 0.3 is 6.03 Å². The van der Waals surface area contributed by atoms with Gasteiger partial charge in [-0.15, -0.1) is 0 Å². The lowest BCUT2D eigenvalue weighted by atomic mass is 10.2. The molecule has 0 aliphatic carbocycles. The molecule has 0 aromatic heterocycles. The van der Waals surface area contributed by atoms with Gasteiger partial charge in [-0.05, 0) is 30.3 Å². The first-order valence-electron chi connectivity index (χ1n) is 7.07. The van der Waals surface area contributed by atoms with Crippen LogP contribution in [0.25, 0.3) is 0 Å². The molecule has 2 aromatic rings. The Bertz CT molecular complexity index is 688. The van der Waals surface area contributed by atoms with Gasteiger partial charge in [0.25, 0.3) is 0 Å². The van der Waals surface area contributed by atoms with Crippen LogP contribution in [0.5, 0.6) is 0 Å². The second kappa shape index (κ2) is 7.42. The van der Waals surface area contributed by atoms with E-state index in [1.165, 1.54) is 21.1 Å². The number of rotatable bonds is 4. The number of carbonyl (C=O) groups is 2. The average Bonchev–Trinajstić information content (AvgIpc) is 2.55. The molecule has 6 heteroatoms. The van der Waals surface area contributed by atoms with Crippen molar-refractivity contribution in [2.45, 2.75) is 6.92 Å². The van der Waals surface area contributed by atoms with Crippen LogP contribution in [0.4, 0.5) is 21.9 Å². The van der Waals surface area contributed by atoms with Gasteiger partial charge in [0.05, 0.1) is 12.8 Å². The normalized spacial score (nSPS) is 10.0. The second-order valence-electron chi connectivity index (χ2n) is 4.85. The summed E-state index contributed by atoms with van der Waals surface area (Å²) in [5.74, 6) is -0.117. The number of hydroxylamine groups is 2. The SMILES string of the molecule is CON(C)C(=O)Nc1cccc(N(C(C)=O)c2ccccc2)c1. The summed E-state index contributed by atoms with van der Waals surface area (Å²) in [4.78, 5) is 30.3. The lowest BCUT2D eigenvalue weighted by Crippen LogP contribution is -2.30. The minimum atomic E-state index is -0.404. The predicted octanol–water partition coefficient (Wildman–Crippen LogP) is 3.40. The standard InChI is InChI=1S/C17H19N3O3/c1-13(21)20(15-9-5-4-6-10-15)16-11-7-8-14(12-16)18-17(22)19(2)23-3/h4-12H,1-3H3,(H,18,22). The first-order valence-corrected chi connectivity index (χ1v) is 7.07. The lowest BCUT2D eigenvalue weighted by Gasteiger charge is -2.22. The Morgan fingerprint density at radius 3 is 2.26 bits per heavy atom. The summed E-state index contributed by atoms with van der Waals surface area (Å²) in [6, 6.07) is 16.0. The smallest absolute Gasteiger partial charge is 0.306 e. The molecule has 0 atom stereocenters. The van der Waals surface area contributed by atoms with E-state index in [2.05, 4.69) is 5.32 Å². The summed E-state index contributed by atoms with van der Waals surface area (Å²) in [6.45, 7) is 1.50. The molecule has 120 valence electrons. The van der Waals surface area contributed by atoms with Crippen molar-refractivity contribution in [2.24, 2.45) is 0 Å². The van der Waals surface area contributed by atoms with E-state index in [1.807, 2.05) is 36.4 Å². The minimum absolute atomic E-state index is 0.117. The first kappa shape index (κ1) is 16.5. The Balaban J connectivity index is 2.30. The molecule has 1 N–H and O–H groups in total. The lowest BCUT2D eigenvalue weighted by molar-refractivity contribution is -0.115. The van der Waals surface area contributed by atoms with Gasteiger partial charge in [0.2, 0.25) is 5.91 Å². The van der Waals surface area contributed by atoms with E-state index < -0.39 is 6.03 Å². The van der Waals surface area contributed by atoms with Crippen LogP contribution in [0.2, 0.25) is 0 Å². The number of hydrogen-bond acceptors (Lipinski definition) is 3. The third-order valence-electron chi connectivity index (χ3n) is 3.24. The quantitative estimate of drug-likeness (QED) is 0.880. The molecule has 0 radical (unpaired) electrons. The summed E-state index contributed by atoms with van der Waals surface area (Å²) in [5.41, 5.74) is 2.00. The van der Waals surface area contributed by atoms with Gasteiger partial charge in [-0.1, -0.05) is 24.3 Å². The maximum absolute atomic E-state index is 12.0. The van der Waals surface area contributed by atoms with Crippen molar-refractivity contribution < 1.29 is 14.4 Å². The third-order valence-corrected chi connectivity index (χ3v) is 3.24. The fourth-order valence-electron chi connectivity index (χ4n) is 2.10. The molecule has 0 aliphatic rings. The van der Waals surface area contributed by atoms with Crippen LogP contribution in [0, 0.1) is 0 Å². The molecule has 23 heavy (non-hydrogen) atoms. The third kappa shape index (κ3) is 4.08. The van der Waals surface area contributed by atoms with Gasteiger partial charge in [-0.2, -0.15) is 0 Å². The first-order chi connectivity index (χ1) is 11.0. The summed E-state index contributed by atoms with van der Waals surface area (Å²) in [6.07, 6.45) is 0. The Labute approximate surface area is 135 Å². The highest BCUT2D eigenvalue weighted by Gasteiger charge is 2.15. The van der Waals surface area contributed by atoms with Gasteiger partial charge in [-0.25, -0.2) is 9.86 Å². The van der Waals surface area contributed by atoms with Crippen LogP contribution < -0.4 is 10.2 Å². The highest BCUT2D eigenvalue weighted by atomic mass is 16.7. The van der Waals surface area contributed by atoms with E-state index in [0.717, 1.165) is 10.8 Å². The molecular weight excluding hydrogens is 294 g/mol. The number of para-hydroxylation sites is 1. The zero-order chi connectivity index (χ0) is 16.8. The van der Waals surface area contributed by atoms with Crippen molar-refractivity contribution in [3.63, 3.8) is 0 Å². The number of anilines is 3. The molecule has 0 heterocycles. The van der Waals surface area contributed by atoms with Crippen LogP contribution in [-0.2, 0) is 9.63 Å². The maximum atomic E-state index is 12.0. The summed E-state index contributed by atoms with van der Waals surface area (Å²) >= 11 is 0. The predicted molar refractivity (Wildman–Crippen MR) is 89.5 cm³/mol. The molecule has 0 fully saturated rings. The Kier molecular flexibility index (Phi) is 5.32. The largest absolute Gasteiger partial charge is 0.345 e. The summed E-state index contributed by atoms with van der Waals surface area (Å²) in [5, 5.41) is 3.78. The zero-order valence-corrected chi connectivity index (χ0v) is 13.3. The molecule has 2 rings (SSSR count). The number of urea groups is 1. The van der Waals surface area contributed by atoms with Crippen molar-refractivity contribution in [1.29, 1.82) is 0 Å². The van der Waals surface area contributed by atoms with Crippen LogP contribution in [0.1, 0.15) is 6.92 Å². The molecule has 3 amide bonds. The van der Waals surface area contributed by atoms with Gasteiger partial charge < -0.3 is 5.32 Å². The molecule has 0 bridgehead atoms. The molecular formula is C17H19N3O3. The van der Waals surface area contributed by atoms with Gasteiger partial charge in [0, 0.05) is 25.3 Å². The zero-order valence-electron chi connectivity index (χ0n) is 13.3. The number of amides is 3. The summed E-state index contributed by atoms with van der Waals surface area (Å²) < 4.78 is 0. The molecule has 0 saturated heterocycles. The van der Waals surface area contributed by atoms with Gasteiger partial charge in [0.15, 0.2) is 0 Å². The van der Waals surface area contributed by atoms with Crippen molar-refractivity contribution >= 4 is 29.0 Å². The van der Waals surface area contributed by atoms with E-state index in [4.69, 9.17) is 4.84 Å². The van der Waals surface area contributed by atoms with Gasteiger partial charge in [0.1, 0.15) is 0 Å². The van der Waals surface area contributed by atoms with Crippen molar-refractivity contribution in [2.75, 3.05) is 24.4 Å². The fourth-order valence-corrected chi connectivity index (χ4v) is 2.10. The molecule has 2 aromatic carbocycles. The van der Waals surface area contributed by atoms with E-state index in [-0.39, 0.29) is 5.91 Å². The highest BCUT2D eigenvalue weighted by molar-refractivity contribution is 6.00. The van der Waals surface area contributed by atoms with Crippen LogP contribution >= 0.6 is 0 Å². The monoisotopic (exact) mass is 313 g/mol. The van der Waals surface area contributed by atoms with E-state index >= 15 is 0 Å². The molecule has 0 aliphatic heterocycles. The number of benzene rings is 2. The number of carbonyl (C=O) groups excluding carboxylic acids is 2. The summed E-state index contributed by atoms with van der Waals surface area (Å²) in [7, 11) is 2.91. The van der Waals surface area contributed by atoms with E-state index in [1.54, 1.807) is 23.1 Å². The Hall–Kier alpha value is -2.86. The van der Waals surface area contributed by atoms with Crippen molar-refractivity contribution in [1.82, 2.24) is 5.06 Å². The van der Waals surface area contributed by atoms with E-state index in [0.29, 0.717) is 11.4 Å². The van der Waals surface area contributed by atoms with Crippen LogP contribution in [-0.4, -0.2) is 31.2 Å². The van der Waals surface area contributed by atoms with Gasteiger partial charge in [-0.3, -0.25) is 14.5 Å². The number of nitrogens with zero attached hydrogens (tertiary/aromatic N) is 2. The molecule has 6 nitrogen and oxygen atoms in total. The van der Waals surface area contributed by atoms with Crippen LogP contribution in [0.3, 0.4) is 0 Å². The Morgan fingerprint density at radius 1 is 1.00 bits per heavy atom. The van der Waals surface area contributed by atoms with E-state index in [9.17, 15) is 9.59 Å². The van der Waals surface area contributed by atoms with Crippen molar-refractivity contribution in [3.05, 3.63) is 54.6 Å². The second-order valence-corrected chi connectivity index (χ2v) is 4.85. The minimum Gasteiger partial charge on any atom is -0.306 e. The molecule has 0 spiro atoms. The Morgan fingerprint density at radius 2 is 1.65 bits per heavy atom. The molecule has 0 saturated carbocycles. The molecule has 0 unspecified atom stereocenters.